The second-order valence-corrected chi connectivity index (χ2v) is 7.83. The van der Waals surface area contributed by atoms with E-state index in [9.17, 15) is 14.4 Å². The largest absolute Gasteiger partial charge is 0.497 e. The number of benzene rings is 1. The average molecular weight is 459 g/mol. The molecule has 0 N–H and O–H groups in total. The summed E-state index contributed by atoms with van der Waals surface area (Å²) in [5, 5.41) is 0. The Morgan fingerprint density at radius 2 is 1.73 bits per heavy atom. The molecular weight excluding hydrogens is 424 g/mol. The van der Waals surface area contributed by atoms with Crippen LogP contribution in [0.2, 0.25) is 0 Å². The Hall–Kier alpha value is -3.13. The Kier molecular flexibility index (Phi) is 9.22. The van der Waals surface area contributed by atoms with Gasteiger partial charge in [-0.05, 0) is 63.9 Å². The van der Waals surface area contributed by atoms with Gasteiger partial charge in [-0.1, -0.05) is 0 Å². The molecule has 0 aliphatic heterocycles. The molecule has 1 amide bonds. The number of nitrogens with zero attached hydrogens (tertiary/aromatic N) is 2. The molecule has 180 valence electrons. The number of esters is 1. The lowest BCUT2D eigenvalue weighted by atomic mass is 9.99. The van der Waals surface area contributed by atoms with Crippen LogP contribution >= 0.6 is 0 Å². The summed E-state index contributed by atoms with van der Waals surface area (Å²) in [6.45, 7) is 8.03. The zero-order valence-corrected chi connectivity index (χ0v) is 20.6. The van der Waals surface area contributed by atoms with E-state index in [2.05, 4.69) is 0 Å². The minimum atomic E-state index is -0.744. The van der Waals surface area contributed by atoms with Crippen LogP contribution in [0, 0.1) is 13.8 Å². The summed E-state index contributed by atoms with van der Waals surface area (Å²) in [7, 11) is 4.89. The van der Waals surface area contributed by atoms with Gasteiger partial charge >= 0.3 is 5.97 Å². The highest BCUT2D eigenvalue weighted by Gasteiger charge is 2.32. The van der Waals surface area contributed by atoms with Crippen molar-refractivity contribution in [2.45, 2.75) is 40.2 Å². The summed E-state index contributed by atoms with van der Waals surface area (Å²) in [4.78, 5) is 41.0. The molecule has 1 aromatic heterocycles. The predicted molar refractivity (Wildman–Crippen MR) is 125 cm³/mol. The molecule has 0 bridgehead atoms. The van der Waals surface area contributed by atoms with Gasteiger partial charge in [0.1, 0.15) is 11.4 Å². The SMILES string of the molecule is CCOC(=O)c1c(C)c(C(=O)C(C)N(CCCOC)C(=O)c2ccc(OC)cc2)c(C)n1C. The van der Waals surface area contributed by atoms with Gasteiger partial charge in [-0.15, -0.1) is 0 Å². The number of ketones is 1. The topological polar surface area (TPSA) is 87.1 Å². The van der Waals surface area contributed by atoms with Crippen LogP contribution in [0.1, 0.15) is 62.7 Å². The van der Waals surface area contributed by atoms with E-state index >= 15 is 0 Å². The molecular formula is C25H34N2O6. The van der Waals surface area contributed by atoms with Crippen molar-refractivity contribution in [3.63, 3.8) is 0 Å². The van der Waals surface area contributed by atoms with E-state index in [0.717, 1.165) is 0 Å². The van der Waals surface area contributed by atoms with E-state index in [1.165, 1.54) is 0 Å². The summed E-state index contributed by atoms with van der Waals surface area (Å²) < 4.78 is 17.2. The third-order valence-electron chi connectivity index (χ3n) is 5.84. The van der Waals surface area contributed by atoms with Gasteiger partial charge in [0.2, 0.25) is 0 Å². The van der Waals surface area contributed by atoms with Crippen LogP contribution in [0.15, 0.2) is 24.3 Å². The van der Waals surface area contributed by atoms with Gasteiger partial charge in [0.25, 0.3) is 5.91 Å². The summed E-state index contributed by atoms with van der Waals surface area (Å²) in [6, 6.07) is 6.04. The lowest BCUT2D eigenvalue weighted by Crippen LogP contribution is -2.44. The van der Waals surface area contributed by atoms with Crippen LogP contribution in [0.25, 0.3) is 0 Å². The van der Waals surface area contributed by atoms with Gasteiger partial charge in [0, 0.05) is 44.1 Å². The summed E-state index contributed by atoms with van der Waals surface area (Å²) in [5.74, 6) is -0.316. The maximum atomic E-state index is 13.6. The van der Waals surface area contributed by atoms with E-state index in [-0.39, 0.29) is 18.3 Å². The summed E-state index contributed by atoms with van der Waals surface area (Å²) in [6.07, 6.45) is 0.580. The van der Waals surface area contributed by atoms with Crippen molar-refractivity contribution in [1.82, 2.24) is 9.47 Å². The molecule has 0 saturated carbocycles. The fourth-order valence-corrected chi connectivity index (χ4v) is 3.93. The number of methoxy groups -OCH3 is 2. The number of hydrogen-bond donors (Lipinski definition) is 0. The van der Waals surface area contributed by atoms with E-state index in [1.54, 1.807) is 82.7 Å². The molecule has 0 aliphatic carbocycles. The quantitative estimate of drug-likeness (QED) is 0.291. The maximum Gasteiger partial charge on any atom is 0.355 e. The molecule has 0 saturated heterocycles. The lowest BCUT2D eigenvalue weighted by molar-refractivity contribution is 0.0513. The van der Waals surface area contributed by atoms with Gasteiger partial charge in [0.15, 0.2) is 5.78 Å². The van der Waals surface area contributed by atoms with Crippen LogP contribution in [0.5, 0.6) is 5.75 Å². The molecule has 1 atom stereocenters. The number of ether oxygens (including phenoxy) is 3. The van der Waals surface area contributed by atoms with E-state index in [0.29, 0.717) is 53.4 Å². The first-order chi connectivity index (χ1) is 15.7. The molecule has 0 aliphatic rings. The molecule has 1 heterocycles. The predicted octanol–water partition coefficient (Wildman–Crippen LogP) is 3.58. The van der Waals surface area contributed by atoms with Crippen LogP contribution in [-0.2, 0) is 16.5 Å². The number of rotatable bonds is 11. The average Bonchev–Trinajstić information content (AvgIpc) is 3.03. The monoisotopic (exact) mass is 458 g/mol. The van der Waals surface area contributed by atoms with Crippen molar-refractivity contribution in [3.05, 3.63) is 52.3 Å². The van der Waals surface area contributed by atoms with Crippen LogP contribution in [-0.4, -0.2) is 67.1 Å². The van der Waals surface area contributed by atoms with Crippen molar-refractivity contribution in [1.29, 1.82) is 0 Å². The van der Waals surface area contributed by atoms with Gasteiger partial charge in [-0.25, -0.2) is 4.79 Å². The number of Topliss-reactive ketones (excluding diaryl/α,β-unsaturated/α-hetero) is 1. The van der Waals surface area contributed by atoms with Crippen molar-refractivity contribution < 1.29 is 28.6 Å². The summed E-state index contributed by atoms with van der Waals surface area (Å²) in [5.41, 5.74) is 2.45. The normalized spacial score (nSPS) is 11.7. The van der Waals surface area contributed by atoms with E-state index < -0.39 is 12.0 Å². The first-order valence-electron chi connectivity index (χ1n) is 11.0. The molecule has 8 heteroatoms. The fraction of sp³-hybridized carbons (Fsp3) is 0.480. The lowest BCUT2D eigenvalue weighted by Gasteiger charge is -2.29. The molecule has 1 aromatic carbocycles. The Bertz CT molecular complexity index is 993. The Labute approximate surface area is 195 Å². The van der Waals surface area contributed by atoms with Crippen molar-refractivity contribution in [3.8, 4) is 5.75 Å². The molecule has 1 unspecified atom stereocenters. The molecule has 2 aromatic rings. The Morgan fingerprint density at radius 3 is 2.27 bits per heavy atom. The third kappa shape index (κ3) is 5.63. The number of carbonyl (C=O) groups is 3. The zero-order valence-electron chi connectivity index (χ0n) is 20.6. The first-order valence-corrected chi connectivity index (χ1v) is 11.0. The Morgan fingerprint density at radius 1 is 1.09 bits per heavy atom. The molecule has 0 spiro atoms. The van der Waals surface area contributed by atoms with Crippen LogP contribution in [0.4, 0.5) is 0 Å². The molecule has 0 radical (unpaired) electrons. The zero-order chi connectivity index (χ0) is 24.7. The summed E-state index contributed by atoms with van der Waals surface area (Å²) >= 11 is 0. The highest BCUT2D eigenvalue weighted by atomic mass is 16.5. The molecule has 33 heavy (non-hydrogen) atoms. The van der Waals surface area contributed by atoms with Gasteiger partial charge in [-0.3, -0.25) is 9.59 Å². The molecule has 0 fully saturated rings. The molecule has 8 nitrogen and oxygen atoms in total. The molecule has 2 rings (SSSR count). The standard InChI is InChI=1S/C25H34N2O6/c1-8-33-25(30)22-16(2)21(17(3)26(22)5)23(28)18(4)27(14-9-15-31-6)24(29)19-10-12-20(32-7)13-11-19/h10-13,18H,8-9,14-15H2,1-7H3. The highest BCUT2D eigenvalue weighted by molar-refractivity contribution is 6.07. The second-order valence-electron chi connectivity index (χ2n) is 7.83. The fourth-order valence-electron chi connectivity index (χ4n) is 3.93. The highest BCUT2D eigenvalue weighted by Crippen LogP contribution is 2.25. The third-order valence-corrected chi connectivity index (χ3v) is 5.84. The Balaban J connectivity index is 2.42. The van der Waals surface area contributed by atoms with Crippen molar-refractivity contribution >= 4 is 17.7 Å². The smallest absolute Gasteiger partial charge is 0.355 e. The van der Waals surface area contributed by atoms with Crippen molar-refractivity contribution in [2.75, 3.05) is 34.0 Å². The van der Waals surface area contributed by atoms with E-state index in [1.807, 2.05) is 0 Å². The number of aromatic nitrogens is 1. The maximum absolute atomic E-state index is 13.6. The minimum Gasteiger partial charge on any atom is -0.497 e. The van der Waals surface area contributed by atoms with Gasteiger partial charge < -0.3 is 23.7 Å². The van der Waals surface area contributed by atoms with Gasteiger partial charge in [0.05, 0.1) is 19.8 Å². The number of carbonyl (C=O) groups excluding carboxylic acids is 3. The van der Waals surface area contributed by atoms with Gasteiger partial charge in [-0.2, -0.15) is 0 Å². The number of hydrogen-bond acceptors (Lipinski definition) is 6. The van der Waals surface area contributed by atoms with E-state index in [4.69, 9.17) is 14.2 Å². The van der Waals surface area contributed by atoms with Crippen LogP contribution < -0.4 is 4.74 Å². The second kappa shape index (κ2) is 11.7. The number of amides is 1. The first kappa shape index (κ1) is 26.1. The minimum absolute atomic E-state index is 0.226. The van der Waals surface area contributed by atoms with Crippen LogP contribution in [0.3, 0.4) is 0 Å². The van der Waals surface area contributed by atoms with Crippen molar-refractivity contribution in [2.24, 2.45) is 7.05 Å².